The molecule has 42 heavy (non-hydrogen) atoms. The van der Waals surface area contributed by atoms with E-state index in [9.17, 15) is 9.59 Å². The van der Waals surface area contributed by atoms with Crippen LogP contribution in [0.1, 0.15) is 30.7 Å². The van der Waals surface area contributed by atoms with E-state index in [0.29, 0.717) is 51.1 Å². The molecule has 4 heterocycles. The van der Waals surface area contributed by atoms with Crippen LogP contribution in [0.2, 0.25) is 0 Å². The third-order valence-electron chi connectivity index (χ3n) is 7.83. The number of carbonyl (C=O) groups excluding carboxylic acids is 2. The fraction of sp³-hybridized carbons (Fsp3) is 0.375. The number of hydrogen-bond acceptors (Lipinski definition) is 7. The lowest BCUT2D eigenvalue weighted by Gasteiger charge is -2.29. The van der Waals surface area contributed by atoms with Crippen molar-refractivity contribution in [3.63, 3.8) is 0 Å². The molecule has 0 spiro atoms. The molecule has 2 amide bonds. The summed E-state index contributed by atoms with van der Waals surface area (Å²) in [4.78, 5) is 30.9. The van der Waals surface area contributed by atoms with Crippen LogP contribution in [0.4, 0.5) is 4.79 Å². The summed E-state index contributed by atoms with van der Waals surface area (Å²) in [6.07, 6.45) is 1.51. The molecule has 2 aliphatic heterocycles. The van der Waals surface area contributed by atoms with Gasteiger partial charge < -0.3 is 19.1 Å². The van der Waals surface area contributed by atoms with E-state index < -0.39 is 12.1 Å². The van der Waals surface area contributed by atoms with Gasteiger partial charge in [-0.1, -0.05) is 48.5 Å². The van der Waals surface area contributed by atoms with Crippen molar-refractivity contribution in [3.05, 3.63) is 84.2 Å². The van der Waals surface area contributed by atoms with Gasteiger partial charge in [0.25, 0.3) is 0 Å². The molecule has 2 atom stereocenters. The number of pyridine rings is 1. The zero-order valence-electron chi connectivity index (χ0n) is 23.7. The van der Waals surface area contributed by atoms with Gasteiger partial charge in [0.1, 0.15) is 30.3 Å². The van der Waals surface area contributed by atoms with E-state index in [0.717, 1.165) is 28.3 Å². The normalized spacial score (nSPS) is 18.8. The molecule has 0 saturated carbocycles. The van der Waals surface area contributed by atoms with Gasteiger partial charge in [-0.15, -0.1) is 10.2 Å². The average Bonchev–Trinajstić information content (AvgIpc) is 3.63. The van der Waals surface area contributed by atoms with Crippen LogP contribution < -0.4 is 4.74 Å². The van der Waals surface area contributed by atoms with E-state index in [2.05, 4.69) is 14.6 Å². The number of carbonyl (C=O) groups is 2. The maximum absolute atomic E-state index is 14.1. The van der Waals surface area contributed by atoms with Crippen LogP contribution in [0, 0.1) is 0 Å². The summed E-state index contributed by atoms with van der Waals surface area (Å²) in [6, 6.07) is 22.7. The Hall–Kier alpha value is -4.44. The number of aromatic nitrogens is 3. The highest BCUT2D eigenvalue weighted by Crippen LogP contribution is 2.30. The highest BCUT2D eigenvalue weighted by molar-refractivity contribution is 5.86. The van der Waals surface area contributed by atoms with Gasteiger partial charge in [-0.05, 0) is 42.7 Å². The van der Waals surface area contributed by atoms with Gasteiger partial charge in [0.2, 0.25) is 5.91 Å². The van der Waals surface area contributed by atoms with Crippen molar-refractivity contribution >= 4 is 17.6 Å². The van der Waals surface area contributed by atoms with Crippen LogP contribution in [-0.4, -0.2) is 81.9 Å². The van der Waals surface area contributed by atoms with Crippen molar-refractivity contribution in [2.75, 3.05) is 33.4 Å². The molecule has 218 valence electrons. The summed E-state index contributed by atoms with van der Waals surface area (Å²) in [5, 5.41) is 8.88. The summed E-state index contributed by atoms with van der Waals surface area (Å²) < 4.78 is 19.5. The Morgan fingerprint density at radius 3 is 2.76 bits per heavy atom. The SMILES string of the molecule is COCCCN1CCCc2nnc3cccc(n23)-c2cccc(c2)O[C@H]2C[C@@H](C1=O)N(C(=O)OCc1ccccc1)C2. The van der Waals surface area contributed by atoms with Gasteiger partial charge in [-0.3, -0.25) is 14.1 Å². The molecular weight excluding hydrogens is 534 g/mol. The predicted molar refractivity (Wildman–Crippen MR) is 156 cm³/mol. The number of ether oxygens (including phenoxy) is 3. The van der Waals surface area contributed by atoms with E-state index in [4.69, 9.17) is 14.2 Å². The highest BCUT2D eigenvalue weighted by atomic mass is 16.6. The molecule has 4 bridgehead atoms. The lowest BCUT2D eigenvalue weighted by atomic mass is 10.1. The van der Waals surface area contributed by atoms with Gasteiger partial charge in [0.15, 0.2) is 5.65 Å². The molecule has 0 radical (unpaired) electrons. The second kappa shape index (κ2) is 12.6. The molecule has 10 heteroatoms. The second-order valence-electron chi connectivity index (χ2n) is 10.7. The maximum Gasteiger partial charge on any atom is 0.410 e. The van der Waals surface area contributed by atoms with E-state index in [1.165, 1.54) is 4.90 Å². The Balaban J connectivity index is 1.32. The molecule has 10 nitrogen and oxygen atoms in total. The number of nitrogens with zero attached hydrogens (tertiary/aromatic N) is 5. The summed E-state index contributed by atoms with van der Waals surface area (Å²) >= 11 is 0. The van der Waals surface area contributed by atoms with E-state index in [-0.39, 0.29) is 25.2 Å². The maximum atomic E-state index is 14.1. The third-order valence-corrected chi connectivity index (χ3v) is 7.83. The number of likely N-dealkylation sites (tertiary alicyclic amines) is 1. The molecule has 0 N–H and O–H groups in total. The number of amides is 2. The Morgan fingerprint density at radius 1 is 1.05 bits per heavy atom. The smallest absolute Gasteiger partial charge is 0.410 e. The van der Waals surface area contributed by atoms with Gasteiger partial charge >= 0.3 is 6.09 Å². The first-order chi connectivity index (χ1) is 20.6. The van der Waals surface area contributed by atoms with Crippen molar-refractivity contribution in [2.24, 2.45) is 0 Å². The number of benzene rings is 2. The molecule has 1 saturated heterocycles. The largest absolute Gasteiger partial charge is 0.488 e. The van der Waals surface area contributed by atoms with E-state index >= 15 is 0 Å². The summed E-state index contributed by atoms with van der Waals surface area (Å²) in [5.74, 6) is 1.39. The first kappa shape index (κ1) is 27.7. The second-order valence-corrected chi connectivity index (χ2v) is 10.7. The van der Waals surface area contributed by atoms with Crippen molar-refractivity contribution < 1.29 is 23.8 Å². The summed E-state index contributed by atoms with van der Waals surface area (Å²) in [5.41, 5.74) is 3.60. The average molecular weight is 570 g/mol. The van der Waals surface area contributed by atoms with Crippen LogP contribution in [0.25, 0.3) is 16.9 Å². The van der Waals surface area contributed by atoms with Crippen LogP contribution in [-0.2, 0) is 27.3 Å². The van der Waals surface area contributed by atoms with Crippen LogP contribution in [0.15, 0.2) is 72.8 Å². The van der Waals surface area contributed by atoms with Gasteiger partial charge in [-0.2, -0.15) is 0 Å². The zero-order valence-corrected chi connectivity index (χ0v) is 23.7. The number of aryl methyl sites for hydroxylation is 1. The Bertz CT molecular complexity index is 1540. The van der Waals surface area contributed by atoms with Crippen LogP contribution in [0.5, 0.6) is 5.75 Å². The van der Waals surface area contributed by atoms with E-state index in [1.54, 1.807) is 7.11 Å². The number of fused-ring (bicyclic) bond motifs is 5. The van der Waals surface area contributed by atoms with Crippen molar-refractivity contribution in [3.8, 4) is 17.0 Å². The Morgan fingerprint density at radius 2 is 1.90 bits per heavy atom. The summed E-state index contributed by atoms with van der Waals surface area (Å²) in [6.45, 7) is 1.97. The topological polar surface area (TPSA) is 98.5 Å². The fourth-order valence-electron chi connectivity index (χ4n) is 5.80. The molecule has 1 fully saturated rings. The number of methoxy groups -OCH3 is 1. The minimum absolute atomic E-state index is 0.107. The molecule has 2 aromatic carbocycles. The Kier molecular flexibility index (Phi) is 8.32. The van der Waals surface area contributed by atoms with Gasteiger partial charge in [-0.25, -0.2) is 4.79 Å². The van der Waals surface area contributed by atoms with Crippen molar-refractivity contribution in [1.82, 2.24) is 24.4 Å². The minimum atomic E-state index is -0.689. The fourth-order valence-corrected chi connectivity index (χ4v) is 5.80. The van der Waals surface area contributed by atoms with Crippen molar-refractivity contribution in [1.29, 1.82) is 0 Å². The monoisotopic (exact) mass is 569 g/mol. The molecular formula is C32H35N5O5. The lowest BCUT2D eigenvalue weighted by Crippen LogP contribution is -2.48. The predicted octanol–water partition coefficient (Wildman–Crippen LogP) is 4.37. The molecule has 0 unspecified atom stereocenters. The summed E-state index contributed by atoms with van der Waals surface area (Å²) in [7, 11) is 1.65. The molecule has 2 aromatic heterocycles. The quantitative estimate of drug-likeness (QED) is 0.318. The minimum Gasteiger partial charge on any atom is -0.488 e. The standard InChI is InChI=1S/C32H35N5O5/c1-40-18-8-17-35-16-7-15-30-34-33-29-14-6-13-27(37(29)30)24-11-5-12-25(19-24)42-26-20-28(31(35)38)36(21-26)32(39)41-22-23-9-3-2-4-10-23/h2-6,9-14,19,26,28H,7-8,15-18,20-22H2,1H3/t26-,28-/m0/s1. The first-order valence-electron chi connectivity index (χ1n) is 14.5. The number of rotatable bonds is 6. The van der Waals surface area contributed by atoms with Crippen molar-refractivity contribution in [2.45, 2.75) is 44.4 Å². The van der Waals surface area contributed by atoms with Crippen LogP contribution in [0.3, 0.4) is 0 Å². The van der Waals surface area contributed by atoms with E-state index in [1.807, 2.05) is 77.7 Å². The Labute approximate surface area is 244 Å². The molecule has 2 aliphatic rings. The third kappa shape index (κ3) is 5.94. The van der Waals surface area contributed by atoms with Crippen LogP contribution >= 0.6 is 0 Å². The lowest BCUT2D eigenvalue weighted by molar-refractivity contribution is -0.136. The molecule has 0 aliphatic carbocycles. The zero-order chi connectivity index (χ0) is 28.9. The highest BCUT2D eigenvalue weighted by Gasteiger charge is 2.43. The number of hydrogen-bond donors (Lipinski definition) is 0. The molecule has 6 rings (SSSR count). The first-order valence-corrected chi connectivity index (χ1v) is 14.5. The van der Waals surface area contributed by atoms with Gasteiger partial charge in [0, 0.05) is 45.2 Å². The molecule has 4 aromatic rings. The van der Waals surface area contributed by atoms with Gasteiger partial charge in [0.05, 0.1) is 12.2 Å².